The van der Waals surface area contributed by atoms with Crippen LogP contribution in [-0.4, -0.2) is 31.7 Å². The molecule has 3 aromatic rings. The Labute approximate surface area is 169 Å². The second-order valence-electron chi connectivity index (χ2n) is 6.88. The molecule has 4 rings (SSSR count). The van der Waals surface area contributed by atoms with Crippen molar-refractivity contribution in [2.24, 2.45) is 0 Å². The van der Waals surface area contributed by atoms with Crippen LogP contribution in [0.15, 0.2) is 59.5 Å². The molecule has 0 radical (unpaired) electrons. The van der Waals surface area contributed by atoms with Crippen molar-refractivity contribution < 1.29 is 17.6 Å². The highest BCUT2D eigenvalue weighted by molar-refractivity contribution is 7.89. The molecular weight excluding hydrogens is 391 g/mol. The zero-order valence-corrected chi connectivity index (χ0v) is 17.0. The van der Waals surface area contributed by atoms with Crippen molar-refractivity contribution >= 4 is 32.4 Å². The van der Waals surface area contributed by atoms with Gasteiger partial charge in [-0.05, 0) is 24.3 Å². The standard InChI is InChI=1S/C22H21FN2O3S/c1-3-24(4-2)29(27,28)20-13-12-19-21-16(20)9-7-10-17(21)22(26)25(19)14-15-8-5-6-11-18(15)23/h5-13H,3-4,14H2,1-2H3. The number of nitrogens with zero attached hydrogens (tertiary/aromatic N) is 2. The van der Waals surface area contributed by atoms with Crippen molar-refractivity contribution in [1.29, 1.82) is 0 Å². The number of anilines is 1. The summed E-state index contributed by atoms with van der Waals surface area (Å²) in [5.74, 6) is -0.639. The third-order valence-electron chi connectivity index (χ3n) is 5.35. The van der Waals surface area contributed by atoms with Crippen LogP contribution in [0.3, 0.4) is 0 Å². The van der Waals surface area contributed by atoms with Crippen LogP contribution in [0.5, 0.6) is 0 Å². The molecular formula is C22H21FN2O3S. The number of carbonyl (C=O) groups is 1. The van der Waals surface area contributed by atoms with Gasteiger partial charge < -0.3 is 4.90 Å². The largest absolute Gasteiger partial charge is 0.303 e. The maximum Gasteiger partial charge on any atom is 0.259 e. The van der Waals surface area contributed by atoms with Gasteiger partial charge in [0, 0.05) is 35.0 Å². The average Bonchev–Trinajstić information content (AvgIpc) is 2.98. The van der Waals surface area contributed by atoms with E-state index in [1.165, 1.54) is 15.3 Å². The molecule has 29 heavy (non-hydrogen) atoms. The predicted octanol–water partition coefficient (Wildman–Crippen LogP) is 4.17. The van der Waals surface area contributed by atoms with Gasteiger partial charge in [-0.15, -0.1) is 0 Å². The van der Waals surface area contributed by atoms with Gasteiger partial charge in [0.15, 0.2) is 0 Å². The van der Waals surface area contributed by atoms with E-state index in [1.54, 1.807) is 62.4 Å². The summed E-state index contributed by atoms with van der Waals surface area (Å²) < 4.78 is 41.8. The third-order valence-corrected chi connectivity index (χ3v) is 7.46. The molecule has 0 saturated carbocycles. The average molecular weight is 412 g/mol. The number of hydrogen-bond acceptors (Lipinski definition) is 3. The van der Waals surface area contributed by atoms with E-state index < -0.39 is 10.0 Å². The summed E-state index contributed by atoms with van der Waals surface area (Å²) in [6.45, 7) is 4.39. The number of carbonyl (C=O) groups excluding carboxylic acids is 1. The van der Waals surface area contributed by atoms with E-state index in [-0.39, 0.29) is 23.2 Å². The van der Waals surface area contributed by atoms with Crippen LogP contribution in [0.25, 0.3) is 10.8 Å². The molecule has 0 atom stereocenters. The van der Waals surface area contributed by atoms with Gasteiger partial charge in [-0.25, -0.2) is 12.8 Å². The van der Waals surface area contributed by atoms with Crippen LogP contribution < -0.4 is 4.90 Å². The van der Waals surface area contributed by atoms with Crippen molar-refractivity contribution in [3.8, 4) is 0 Å². The monoisotopic (exact) mass is 412 g/mol. The first-order chi connectivity index (χ1) is 13.9. The van der Waals surface area contributed by atoms with E-state index in [0.717, 1.165) is 0 Å². The minimum absolute atomic E-state index is 0.0808. The SMILES string of the molecule is CCN(CC)S(=O)(=O)c1ccc2c3c(cccc13)C(=O)N2Cc1ccccc1F. The molecule has 0 unspecified atom stereocenters. The topological polar surface area (TPSA) is 57.7 Å². The van der Waals surface area contributed by atoms with Crippen LogP contribution in [0.2, 0.25) is 0 Å². The molecule has 1 aliphatic heterocycles. The van der Waals surface area contributed by atoms with E-state index in [0.29, 0.717) is 40.7 Å². The van der Waals surface area contributed by atoms with Crippen LogP contribution in [0.1, 0.15) is 29.8 Å². The van der Waals surface area contributed by atoms with Crippen molar-refractivity contribution in [3.05, 3.63) is 71.5 Å². The summed E-state index contributed by atoms with van der Waals surface area (Å²) in [6, 6.07) is 14.6. The number of halogens is 1. The van der Waals surface area contributed by atoms with Crippen LogP contribution >= 0.6 is 0 Å². The summed E-state index contributed by atoms with van der Waals surface area (Å²) in [5, 5.41) is 1.11. The Balaban J connectivity index is 1.88. The second-order valence-corrected chi connectivity index (χ2v) is 8.79. The highest BCUT2D eigenvalue weighted by Crippen LogP contribution is 2.41. The maximum absolute atomic E-state index is 14.2. The maximum atomic E-state index is 14.2. The minimum atomic E-state index is -3.69. The number of benzene rings is 3. The molecule has 1 amide bonds. The molecule has 0 spiro atoms. The van der Waals surface area contributed by atoms with Crippen LogP contribution in [0.4, 0.5) is 10.1 Å². The van der Waals surface area contributed by atoms with Gasteiger partial charge in [-0.2, -0.15) is 4.31 Å². The smallest absolute Gasteiger partial charge is 0.259 e. The number of sulfonamides is 1. The first-order valence-electron chi connectivity index (χ1n) is 9.51. The van der Waals surface area contributed by atoms with Crippen molar-refractivity contribution in [3.63, 3.8) is 0 Å². The molecule has 3 aromatic carbocycles. The number of amides is 1. The fourth-order valence-corrected chi connectivity index (χ4v) is 5.55. The molecule has 7 heteroatoms. The first kappa shape index (κ1) is 19.5. The fraction of sp³-hybridized carbons (Fsp3) is 0.227. The summed E-state index contributed by atoms with van der Waals surface area (Å²) in [7, 11) is -3.69. The Bertz CT molecular complexity index is 1220. The van der Waals surface area contributed by atoms with E-state index in [9.17, 15) is 17.6 Å². The lowest BCUT2D eigenvalue weighted by Gasteiger charge is -2.21. The van der Waals surface area contributed by atoms with Gasteiger partial charge in [0.25, 0.3) is 5.91 Å². The van der Waals surface area contributed by atoms with E-state index in [1.807, 2.05) is 0 Å². The van der Waals surface area contributed by atoms with Gasteiger partial charge in [0.05, 0.1) is 17.1 Å². The van der Waals surface area contributed by atoms with Gasteiger partial charge in [0.1, 0.15) is 5.82 Å². The fourth-order valence-electron chi connectivity index (χ4n) is 3.90. The summed E-state index contributed by atoms with van der Waals surface area (Å²) in [5.41, 5.74) is 1.44. The number of hydrogen-bond donors (Lipinski definition) is 0. The van der Waals surface area contributed by atoms with Crippen molar-refractivity contribution in [1.82, 2.24) is 4.31 Å². The molecule has 1 aliphatic rings. The Kier molecular flexibility index (Phi) is 4.88. The molecule has 0 aromatic heterocycles. The molecule has 0 aliphatic carbocycles. The van der Waals surface area contributed by atoms with Crippen LogP contribution in [0, 0.1) is 5.82 Å². The molecule has 0 N–H and O–H groups in total. The molecule has 0 saturated heterocycles. The van der Waals surface area contributed by atoms with E-state index in [4.69, 9.17) is 0 Å². The normalized spacial score (nSPS) is 13.7. The van der Waals surface area contributed by atoms with Gasteiger partial charge in [-0.1, -0.05) is 44.2 Å². The van der Waals surface area contributed by atoms with E-state index in [2.05, 4.69) is 0 Å². The summed E-state index contributed by atoms with van der Waals surface area (Å²) in [6.07, 6.45) is 0. The Hall–Kier alpha value is -2.77. The van der Waals surface area contributed by atoms with Crippen molar-refractivity contribution in [2.75, 3.05) is 18.0 Å². The minimum Gasteiger partial charge on any atom is -0.303 e. The molecule has 5 nitrogen and oxygen atoms in total. The summed E-state index contributed by atoms with van der Waals surface area (Å²) >= 11 is 0. The molecule has 0 bridgehead atoms. The predicted molar refractivity (Wildman–Crippen MR) is 111 cm³/mol. The zero-order chi connectivity index (χ0) is 20.8. The van der Waals surface area contributed by atoms with Gasteiger partial charge in [-0.3, -0.25) is 4.79 Å². The van der Waals surface area contributed by atoms with E-state index >= 15 is 0 Å². The Morgan fingerprint density at radius 3 is 2.38 bits per heavy atom. The summed E-state index contributed by atoms with van der Waals surface area (Å²) in [4.78, 5) is 14.7. The molecule has 1 heterocycles. The highest BCUT2D eigenvalue weighted by Gasteiger charge is 2.33. The second kappa shape index (κ2) is 7.24. The lowest BCUT2D eigenvalue weighted by molar-refractivity contribution is 0.0991. The number of rotatable bonds is 6. The molecule has 0 fully saturated rings. The zero-order valence-electron chi connectivity index (χ0n) is 16.2. The van der Waals surface area contributed by atoms with Gasteiger partial charge in [0.2, 0.25) is 10.0 Å². The lowest BCUT2D eigenvalue weighted by atomic mass is 10.1. The van der Waals surface area contributed by atoms with Crippen molar-refractivity contribution in [2.45, 2.75) is 25.3 Å². The third kappa shape index (κ3) is 3.01. The lowest BCUT2D eigenvalue weighted by Crippen LogP contribution is -2.30. The highest BCUT2D eigenvalue weighted by atomic mass is 32.2. The first-order valence-corrected chi connectivity index (χ1v) is 10.9. The quantitative estimate of drug-likeness (QED) is 0.611. The van der Waals surface area contributed by atoms with Crippen LogP contribution in [-0.2, 0) is 16.6 Å². The Morgan fingerprint density at radius 1 is 0.966 bits per heavy atom. The Morgan fingerprint density at radius 2 is 1.69 bits per heavy atom. The van der Waals surface area contributed by atoms with Gasteiger partial charge >= 0.3 is 0 Å². The molecule has 150 valence electrons.